The minimum Gasteiger partial charge on any atom is -0.497 e. The molecule has 1 N–H and O–H groups in total. The lowest BCUT2D eigenvalue weighted by atomic mass is 9.93. The number of fused-ring (bicyclic) bond motifs is 1. The van der Waals surface area contributed by atoms with Crippen LogP contribution in [0.1, 0.15) is 18.9 Å². The first-order valence-electron chi connectivity index (χ1n) is 7.50. The Morgan fingerprint density at radius 2 is 2.25 bits per heavy atom. The molecule has 4 heteroatoms. The Labute approximate surface area is 120 Å². The van der Waals surface area contributed by atoms with Crippen molar-refractivity contribution in [2.45, 2.75) is 25.9 Å². The summed E-state index contributed by atoms with van der Waals surface area (Å²) in [5, 5.41) is 3.48. The summed E-state index contributed by atoms with van der Waals surface area (Å²) < 4.78 is 19.2. The van der Waals surface area contributed by atoms with Gasteiger partial charge in [0, 0.05) is 30.8 Å². The normalized spacial score (nSPS) is 29.6. The molecule has 0 aromatic heterocycles. The summed E-state index contributed by atoms with van der Waals surface area (Å²) in [5.41, 5.74) is 0.775. The molecule has 2 aliphatic heterocycles. The predicted molar refractivity (Wildman–Crippen MR) is 77.3 cm³/mol. The summed E-state index contributed by atoms with van der Waals surface area (Å²) in [6.07, 6.45) is 1.14. The Balaban J connectivity index is 1.74. The van der Waals surface area contributed by atoms with Crippen LogP contribution in [0, 0.1) is 17.7 Å². The molecule has 0 bridgehead atoms. The number of hydrogen-bond acceptors (Lipinski definition) is 3. The number of nitrogens with one attached hydrogen (secondary N) is 1. The van der Waals surface area contributed by atoms with Gasteiger partial charge in [-0.1, -0.05) is 13.0 Å². The number of nitrogens with zero attached hydrogens (tertiary/aromatic N) is 1. The Morgan fingerprint density at radius 1 is 1.40 bits per heavy atom. The summed E-state index contributed by atoms with van der Waals surface area (Å²) in [6, 6.07) is 5.76. The van der Waals surface area contributed by atoms with Gasteiger partial charge in [-0.15, -0.1) is 0 Å². The molecule has 1 aromatic carbocycles. The summed E-state index contributed by atoms with van der Waals surface area (Å²) in [7, 11) is 1.57. The van der Waals surface area contributed by atoms with Gasteiger partial charge in [-0.3, -0.25) is 4.90 Å². The highest BCUT2D eigenvalue weighted by Gasteiger charge is 2.42. The molecule has 110 valence electrons. The van der Waals surface area contributed by atoms with Crippen molar-refractivity contribution in [2.75, 3.05) is 26.7 Å². The number of hydrogen-bond donors (Lipinski definition) is 1. The molecule has 2 fully saturated rings. The first-order valence-corrected chi connectivity index (χ1v) is 7.50. The van der Waals surface area contributed by atoms with Gasteiger partial charge in [-0.25, -0.2) is 4.39 Å². The maximum atomic E-state index is 14.1. The molecular weight excluding hydrogens is 255 g/mol. The molecule has 20 heavy (non-hydrogen) atoms. The zero-order chi connectivity index (χ0) is 14.1. The number of rotatable bonds is 4. The highest BCUT2D eigenvalue weighted by Crippen LogP contribution is 2.35. The number of halogens is 1. The van der Waals surface area contributed by atoms with E-state index >= 15 is 0 Å². The van der Waals surface area contributed by atoms with E-state index in [0.717, 1.165) is 43.5 Å². The van der Waals surface area contributed by atoms with Crippen LogP contribution in [0.3, 0.4) is 0 Å². The predicted octanol–water partition coefficient (Wildman–Crippen LogP) is 2.26. The van der Waals surface area contributed by atoms with E-state index in [4.69, 9.17) is 4.74 Å². The van der Waals surface area contributed by atoms with Gasteiger partial charge in [-0.05, 0) is 37.4 Å². The second-order valence-corrected chi connectivity index (χ2v) is 5.94. The Hall–Kier alpha value is -1.13. The average Bonchev–Trinajstić information content (AvgIpc) is 3.01. The van der Waals surface area contributed by atoms with Gasteiger partial charge in [0.25, 0.3) is 0 Å². The average molecular weight is 278 g/mol. The molecule has 0 radical (unpaired) electrons. The highest BCUT2D eigenvalue weighted by atomic mass is 19.1. The summed E-state index contributed by atoms with van der Waals surface area (Å²) in [5.74, 6) is 1.90. The van der Waals surface area contributed by atoms with Gasteiger partial charge in [0.1, 0.15) is 11.6 Å². The zero-order valence-electron chi connectivity index (χ0n) is 12.2. The van der Waals surface area contributed by atoms with E-state index in [1.165, 1.54) is 6.07 Å². The van der Waals surface area contributed by atoms with Crippen molar-refractivity contribution in [2.24, 2.45) is 11.8 Å². The van der Waals surface area contributed by atoms with Crippen molar-refractivity contribution < 1.29 is 9.13 Å². The van der Waals surface area contributed by atoms with Gasteiger partial charge in [0.05, 0.1) is 7.11 Å². The van der Waals surface area contributed by atoms with Crippen LogP contribution in [0.2, 0.25) is 0 Å². The van der Waals surface area contributed by atoms with E-state index in [0.29, 0.717) is 18.3 Å². The van der Waals surface area contributed by atoms with Crippen LogP contribution in [0.25, 0.3) is 0 Å². The fourth-order valence-electron chi connectivity index (χ4n) is 3.86. The van der Waals surface area contributed by atoms with Crippen LogP contribution >= 0.6 is 0 Å². The molecule has 0 amide bonds. The molecule has 0 saturated carbocycles. The van der Waals surface area contributed by atoms with Crippen LogP contribution in [0.5, 0.6) is 5.75 Å². The van der Waals surface area contributed by atoms with Crippen LogP contribution in [-0.4, -0.2) is 37.7 Å². The maximum Gasteiger partial charge on any atom is 0.131 e. The second kappa shape index (κ2) is 5.70. The lowest BCUT2D eigenvalue weighted by molar-refractivity contribution is 0.208. The van der Waals surface area contributed by atoms with Gasteiger partial charge >= 0.3 is 0 Å². The summed E-state index contributed by atoms with van der Waals surface area (Å²) in [4.78, 5) is 2.46. The largest absolute Gasteiger partial charge is 0.497 e. The van der Waals surface area contributed by atoms with Gasteiger partial charge in [-0.2, -0.15) is 0 Å². The molecule has 3 unspecified atom stereocenters. The van der Waals surface area contributed by atoms with Crippen molar-refractivity contribution >= 4 is 0 Å². The molecule has 0 spiro atoms. The van der Waals surface area contributed by atoms with E-state index in [9.17, 15) is 4.39 Å². The fraction of sp³-hybridized carbons (Fsp3) is 0.625. The third-order valence-corrected chi connectivity index (χ3v) is 4.88. The molecule has 2 heterocycles. The van der Waals surface area contributed by atoms with Gasteiger partial charge in [0.2, 0.25) is 0 Å². The maximum absolute atomic E-state index is 14.1. The van der Waals surface area contributed by atoms with Crippen molar-refractivity contribution in [3.05, 3.63) is 29.6 Å². The Kier molecular flexibility index (Phi) is 3.94. The SMILES string of the molecule is CCC1C2CNCC2CN1Cc1ccc(OC)cc1F. The van der Waals surface area contributed by atoms with Gasteiger partial charge < -0.3 is 10.1 Å². The van der Waals surface area contributed by atoms with E-state index in [2.05, 4.69) is 17.1 Å². The molecule has 1 aromatic rings. The Bertz CT molecular complexity index is 480. The van der Waals surface area contributed by atoms with Crippen molar-refractivity contribution in [3.8, 4) is 5.75 Å². The Morgan fingerprint density at radius 3 is 2.95 bits per heavy atom. The van der Waals surface area contributed by atoms with Crippen molar-refractivity contribution in [1.29, 1.82) is 0 Å². The summed E-state index contributed by atoms with van der Waals surface area (Å²) >= 11 is 0. The molecule has 2 aliphatic rings. The highest BCUT2D eigenvalue weighted by molar-refractivity contribution is 5.29. The quantitative estimate of drug-likeness (QED) is 0.914. The van der Waals surface area contributed by atoms with Crippen molar-refractivity contribution in [1.82, 2.24) is 10.2 Å². The van der Waals surface area contributed by atoms with E-state index in [-0.39, 0.29) is 5.82 Å². The monoisotopic (exact) mass is 278 g/mol. The van der Waals surface area contributed by atoms with Crippen LogP contribution < -0.4 is 10.1 Å². The number of ether oxygens (including phenoxy) is 1. The van der Waals surface area contributed by atoms with E-state index < -0.39 is 0 Å². The molecule has 3 nitrogen and oxygen atoms in total. The summed E-state index contributed by atoms with van der Waals surface area (Å²) in [6.45, 7) is 6.26. The third-order valence-electron chi connectivity index (χ3n) is 4.88. The van der Waals surface area contributed by atoms with E-state index in [1.54, 1.807) is 7.11 Å². The molecular formula is C16H23FN2O. The second-order valence-electron chi connectivity index (χ2n) is 5.94. The first kappa shape index (κ1) is 13.8. The van der Waals surface area contributed by atoms with Crippen LogP contribution in [0.15, 0.2) is 18.2 Å². The number of likely N-dealkylation sites (tertiary alicyclic amines) is 1. The lowest BCUT2D eigenvalue weighted by Crippen LogP contribution is -2.34. The van der Waals surface area contributed by atoms with Crippen LogP contribution in [0.4, 0.5) is 4.39 Å². The van der Waals surface area contributed by atoms with E-state index in [1.807, 2.05) is 12.1 Å². The fourth-order valence-corrected chi connectivity index (χ4v) is 3.86. The standard InChI is InChI=1S/C16H23FN2O/c1-3-16-14-8-18-7-12(14)10-19(16)9-11-4-5-13(20-2)6-15(11)17/h4-6,12,14,16,18H,3,7-10H2,1-2H3. The van der Waals surface area contributed by atoms with Gasteiger partial charge in [0.15, 0.2) is 0 Å². The number of benzene rings is 1. The van der Waals surface area contributed by atoms with Crippen molar-refractivity contribution in [3.63, 3.8) is 0 Å². The number of methoxy groups -OCH3 is 1. The smallest absolute Gasteiger partial charge is 0.131 e. The topological polar surface area (TPSA) is 24.5 Å². The zero-order valence-corrected chi connectivity index (χ0v) is 12.2. The molecule has 0 aliphatic carbocycles. The lowest BCUT2D eigenvalue weighted by Gasteiger charge is -2.27. The minimum atomic E-state index is -0.158. The minimum absolute atomic E-state index is 0.158. The molecule has 3 rings (SSSR count). The first-order chi connectivity index (χ1) is 9.72. The molecule has 3 atom stereocenters. The van der Waals surface area contributed by atoms with Crippen LogP contribution in [-0.2, 0) is 6.54 Å². The molecule has 2 saturated heterocycles. The third kappa shape index (κ3) is 2.42.